The van der Waals surface area contributed by atoms with E-state index in [4.69, 9.17) is 5.11 Å². The smallest absolute Gasteiger partial charge is 0.335 e. The fraction of sp³-hybridized carbons (Fsp3) is 0.350. The Kier molecular flexibility index (Phi) is 5.02. The molecule has 1 N–H and O–H groups in total. The first-order valence-electron chi connectivity index (χ1n) is 7.78. The van der Waals surface area contributed by atoms with Crippen molar-refractivity contribution in [2.45, 2.75) is 40.0 Å². The maximum atomic E-state index is 10.8. The number of carboxylic acid groups (broad SMARTS) is 1. The van der Waals surface area contributed by atoms with Gasteiger partial charge >= 0.3 is 5.97 Å². The monoisotopic (exact) mass is 296 g/mol. The van der Waals surface area contributed by atoms with Gasteiger partial charge in [0.2, 0.25) is 0 Å². The third-order valence-corrected chi connectivity index (χ3v) is 4.36. The molecule has 1 aromatic rings. The Morgan fingerprint density at radius 3 is 2.36 bits per heavy atom. The van der Waals surface area contributed by atoms with Crippen LogP contribution in [0.1, 0.15) is 56.0 Å². The molecule has 0 heterocycles. The largest absolute Gasteiger partial charge is 0.478 e. The zero-order valence-electron chi connectivity index (χ0n) is 13.6. The summed E-state index contributed by atoms with van der Waals surface area (Å²) in [5, 5.41) is 8.87. The maximum Gasteiger partial charge on any atom is 0.335 e. The molecule has 0 atom stereocenters. The topological polar surface area (TPSA) is 37.3 Å². The van der Waals surface area contributed by atoms with Crippen LogP contribution >= 0.6 is 0 Å². The second-order valence-electron chi connectivity index (χ2n) is 6.58. The van der Waals surface area contributed by atoms with Crippen molar-refractivity contribution in [3.63, 3.8) is 0 Å². The lowest BCUT2D eigenvalue weighted by Crippen LogP contribution is -2.18. The summed E-state index contributed by atoms with van der Waals surface area (Å²) in [5.74, 6) is -0.891. The molecule has 0 amide bonds. The molecule has 2 heteroatoms. The SMILES string of the molecule is CC1=C(/C=C/C=C/c2ccc(C(=O)O)cc2)C(C)(C)CCC1. The average molecular weight is 296 g/mol. The highest BCUT2D eigenvalue weighted by Gasteiger charge is 2.26. The van der Waals surface area contributed by atoms with E-state index >= 15 is 0 Å². The normalized spacial score (nSPS) is 18.3. The molecule has 22 heavy (non-hydrogen) atoms. The first-order chi connectivity index (χ1) is 10.4. The third-order valence-electron chi connectivity index (χ3n) is 4.36. The van der Waals surface area contributed by atoms with Gasteiger partial charge in [-0.15, -0.1) is 0 Å². The summed E-state index contributed by atoms with van der Waals surface area (Å²) in [6.45, 7) is 6.85. The molecule has 0 aliphatic heterocycles. The minimum absolute atomic E-state index is 0.260. The molecule has 1 aliphatic rings. The summed E-state index contributed by atoms with van der Waals surface area (Å²) < 4.78 is 0. The Labute approximate surface area is 132 Å². The Bertz CT molecular complexity index is 628. The predicted octanol–water partition coefficient (Wildman–Crippen LogP) is 5.48. The van der Waals surface area contributed by atoms with Crippen LogP contribution in [0.5, 0.6) is 0 Å². The van der Waals surface area contributed by atoms with Gasteiger partial charge in [0.25, 0.3) is 0 Å². The highest BCUT2D eigenvalue weighted by molar-refractivity contribution is 5.87. The van der Waals surface area contributed by atoms with Crippen LogP contribution in [0.4, 0.5) is 0 Å². The zero-order valence-corrected chi connectivity index (χ0v) is 13.6. The molecule has 0 spiro atoms. The molecule has 0 unspecified atom stereocenters. The summed E-state index contributed by atoms with van der Waals surface area (Å²) in [6.07, 6.45) is 12.0. The number of hydrogen-bond donors (Lipinski definition) is 1. The Balaban J connectivity index is 2.07. The van der Waals surface area contributed by atoms with E-state index in [1.807, 2.05) is 24.3 Å². The Hall–Kier alpha value is -2.09. The fourth-order valence-electron chi connectivity index (χ4n) is 3.07. The molecule has 0 bridgehead atoms. The van der Waals surface area contributed by atoms with Crippen molar-refractivity contribution >= 4 is 12.0 Å². The van der Waals surface area contributed by atoms with E-state index in [-0.39, 0.29) is 5.41 Å². The van der Waals surface area contributed by atoms with E-state index < -0.39 is 5.97 Å². The van der Waals surface area contributed by atoms with Crippen molar-refractivity contribution in [2.24, 2.45) is 5.41 Å². The van der Waals surface area contributed by atoms with Gasteiger partial charge in [-0.05, 0) is 54.9 Å². The number of rotatable bonds is 4. The van der Waals surface area contributed by atoms with Crippen molar-refractivity contribution < 1.29 is 9.90 Å². The molecule has 0 fully saturated rings. The van der Waals surface area contributed by atoms with Crippen LogP contribution in [0.15, 0.2) is 53.6 Å². The van der Waals surface area contributed by atoms with Crippen LogP contribution in [-0.4, -0.2) is 11.1 Å². The average Bonchev–Trinajstić information content (AvgIpc) is 2.46. The summed E-state index contributed by atoms with van der Waals surface area (Å²) in [4.78, 5) is 10.8. The van der Waals surface area contributed by atoms with Gasteiger partial charge in [0, 0.05) is 0 Å². The van der Waals surface area contributed by atoms with Gasteiger partial charge in [-0.3, -0.25) is 0 Å². The lowest BCUT2D eigenvalue weighted by Gasteiger charge is -2.32. The van der Waals surface area contributed by atoms with Crippen molar-refractivity contribution in [1.29, 1.82) is 0 Å². The van der Waals surface area contributed by atoms with E-state index in [1.54, 1.807) is 12.1 Å². The minimum Gasteiger partial charge on any atom is -0.478 e. The first-order valence-corrected chi connectivity index (χ1v) is 7.78. The molecule has 1 aromatic carbocycles. The second-order valence-corrected chi connectivity index (χ2v) is 6.58. The van der Waals surface area contributed by atoms with E-state index in [2.05, 4.69) is 32.9 Å². The summed E-state index contributed by atoms with van der Waals surface area (Å²) in [6, 6.07) is 6.90. The molecule has 0 aromatic heterocycles. The van der Waals surface area contributed by atoms with Gasteiger partial charge in [-0.1, -0.05) is 55.9 Å². The second kappa shape index (κ2) is 6.78. The lowest BCUT2D eigenvalue weighted by atomic mass is 9.73. The van der Waals surface area contributed by atoms with Crippen LogP contribution in [0.2, 0.25) is 0 Å². The number of benzene rings is 1. The standard InChI is InChI=1S/C20H24O2/c1-15-7-6-14-20(2,3)18(15)9-5-4-8-16-10-12-17(13-11-16)19(21)22/h4-5,8-13H,6-7,14H2,1-3H3,(H,21,22)/b8-4+,9-5+. The van der Waals surface area contributed by atoms with E-state index in [1.165, 1.54) is 30.4 Å². The van der Waals surface area contributed by atoms with Crippen LogP contribution < -0.4 is 0 Å². The van der Waals surface area contributed by atoms with Crippen molar-refractivity contribution in [3.8, 4) is 0 Å². The van der Waals surface area contributed by atoms with Gasteiger partial charge in [-0.2, -0.15) is 0 Å². The van der Waals surface area contributed by atoms with Crippen LogP contribution in [0.3, 0.4) is 0 Å². The molecule has 0 saturated carbocycles. The van der Waals surface area contributed by atoms with Crippen molar-refractivity contribution in [2.75, 3.05) is 0 Å². The quantitative estimate of drug-likeness (QED) is 0.747. The summed E-state index contributed by atoms with van der Waals surface area (Å²) in [5.41, 5.74) is 4.52. The van der Waals surface area contributed by atoms with E-state index in [0.29, 0.717) is 5.56 Å². The van der Waals surface area contributed by atoms with Crippen LogP contribution in [-0.2, 0) is 0 Å². The zero-order chi connectivity index (χ0) is 16.2. The van der Waals surface area contributed by atoms with Crippen molar-refractivity contribution in [1.82, 2.24) is 0 Å². The number of hydrogen-bond acceptors (Lipinski definition) is 1. The van der Waals surface area contributed by atoms with E-state index in [9.17, 15) is 4.79 Å². The minimum atomic E-state index is -0.891. The van der Waals surface area contributed by atoms with E-state index in [0.717, 1.165) is 5.56 Å². The highest BCUT2D eigenvalue weighted by Crippen LogP contribution is 2.40. The predicted molar refractivity (Wildman–Crippen MR) is 91.9 cm³/mol. The molecular weight excluding hydrogens is 272 g/mol. The van der Waals surface area contributed by atoms with Gasteiger partial charge < -0.3 is 5.11 Å². The molecule has 0 saturated heterocycles. The highest BCUT2D eigenvalue weighted by atomic mass is 16.4. The lowest BCUT2D eigenvalue weighted by molar-refractivity contribution is 0.0697. The molecule has 116 valence electrons. The van der Waals surface area contributed by atoms with Crippen molar-refractivity contribution in [3.05, 3.63) is 64.8 Å². The first kappa shape index (κ1) is 16.3. The summed E-state index contributed by atoms with van der Waals surface area (Å²) in [7, 11) is 0. The number of carbonyl (C=O) groups is 1. The molecule has 1 aliphatic carbocycles. The van der Waals surface area contributed by atoms with Gasteiger partial charge in [-0.25, -0.2) is 4.79 Å². The molecule has 2 rings (SSSR count). The van der Waals surface area contributed by atoms with Gasteiger partial charge in [0.05, 0.1) is 5.56 Å². The Morgan fingerprint density at radius 1 is 1.14 bits per heavy atom. The fourth-order valence-corrected chi connectivity index (χ4v) is 3.07. The van der Waals surface area contributed by atoms with Gasteiger partial charge in [0.15, 0.2) is 0 Å². The summed E-state index contributed by atoms with van der Waals surface area (Å²) >= 11 is 0. The number of aromatic carboxylic acids is 1. The number of allylic oxidation sites excluding steroid dienone is 5. The number of carboxylic acids is 1. The van der Waals surface area contributed by atoms with Crippen LogP contribution in [0.25, 0.3) is 6.08 Å². The molecule has 2 nitrogen and oxygen atoms in total. The Morgan fingerprint density at radius 2 is 1.77 bits per heavy atom. The third kappa shape index (κ3) is 3.97. The molecular formula is C20H24O2. The van der Waals surface area contributed by atoms with Crippen LogP contribution in [0, 0.1) is 5.41 Å². The van der Waals surface area contributed by atoms with Gasteiger partial charge in [0.1, 0.15) is 0 Å². The molecule has 0 radical (unpaired) electrons. The maximum absolute atomic E-state index is 10.8.